The maximum atomic E-state index is 13.7. The summed E-state index contributed by atoms with van der Waals surface area (Å²) < 4.78 is 11.9. The third-order valence-electron chi connectivity index (χ3n) is 7.59. The summed E-state index contributed by atoms with van der Waals surface area (Å²) in [6, 6.07) is 7.98. The molecule has 0 aromatic heterocycles. The van der Waals surface area contributed by atoms with Crippen LogP contribution in [-0.4, -0.2) is 64.3 Å². The van der Waals surface area contributed by atoms with Crippen LogP contribution in [0.25, 0.3) is 0 Å². The number of likely N-dealkylation sites (tertiary alicyclic amines) is 1. The highest BCUT2D eigenvalue weighted by Crippen LogP contribution is 2.65. The van der Waals surface area contributed by atoms with Crippen LogP contribution in [0.2, 0.25) is 0 Å². The van der Waals surface area contributed by atoms with E-state index in [0.717, 1.165) is 5.56 Å². The van der Waals surface area contributed by atoms with Crippen LogP contribution in [-0.2, 0) is 30.4 Å². The first kappa shape index (κ1) is 22.7. The molecule has 3 fully saturated rings. The zero-order chi connectivity index (χ0) is 23.3. The molecule has 3 aliphatic rings. The third kappa shape index (κ3) is 3.15. The molecule has 0 aliphatic carbocycles. The average Bonchev–Trinajstić information content (AvgIpc) is 3.29. The van der Waals surface area contributed by atoms with E-state index in [9.17, 15) is 19.5 Å². The Labute approximate surface area is 188 Å². The molecule has 8 heteroatoms. The van der Waals surface area contributed by atoms with E-state index < -0.39 is 41.1 Å². The molecule has 32 heavy (non-hydrogen) atoms. The topological polar surface area (TPSA) is 105 Å². The summed E-state index contributed by atoms with van der Waals surface area (Å²) >= 11 is 0. The molecule has 2 bridgehead atoms. The maximum absolute atomic E-state index is 13.7. The molecule has 0 saturated carbocycles. The fourth-order valence-corrected chi connectivity index (χ4v) is 6.01. The number of benzene rings is 1. The minimum Gasteiger partial charge on any atom is -0.466 e. The number of esters is 1. The fourth-order valence-electron chi connectivity index (χ4n) is 6.01. The average molecular weight is 445 g/mol. The van der Waals surface area contributed by atoms with Gasteiger partial charge < -0.3 is 24.8 Å². The number of amides is 2. The summed E-state index contributed by atoms with van der Waals surface area (Å²) in [5, 5.41) is 12.8. The van der Waals surface area contributed by atoms with Crippen molar-refractivity contribution in [2.75, 3.05) is 13.2 Å². The van der Waals surface area contributed by atoms with Crippen LogP contribution >= 0.6 is 0 Å². The predicted molar refractivity (Wildman–Crippen MR) is 115 cm³/mol. The van der Waals surface area contributed by atoms with Gasteiger partial charge in [-0.1, -0.05) is 37.3 Å². The Bertz CT molecular complexity index is 907. The van der Waals surface area contributed by atoms with Crippen molar-refractivity contribution >= 4 is 17.8 Å². The standard InChI is InChI=1S/C24H32N2O6/c1-5-31-22(30)18-17-21(29)26(15(3)13-27)19(24(17)11-14(2)23(18,4)32-24)20(28)25-12-16-9-7-6-8-10-16/h6-10,14-15,17-19,27H,5,11-13H2,1-4H3,(H,25,28)/t14?,15-,17+,18-,19?,23+,24?/m1/s1. The Morgan fingerprint density at radius 2 is 2.03 bits per heavy atom. The highest BCUT2D eigenvalue weighted by molar-refractivity contribution is 5.98. The van der Waals surface area contributed by atoms with Crippen molar-refractivity contribution in [1.82, 2.24) is 10.2 Å². The zero-order valence-corrected chi connectivity index (χ0v) is 19.0. The van der Waals surface area contributed by atoms with Gasteiger partial charge in [-0.3, -0.25) is 14.4 Å². The molecular weight excluding hydrogens is 412 g/mol. The summed E-state index contributed by atoms with van der Waals surface area (Å²) in [5.74, 6) is -2.80. The summed E-state index contributed by atoms with van der Waals surface area (Å²) in [4.78, 5) is 41.6. The smallest absolute Gasteiger partial charge is 0.312 e. The van der Waals surface area contributed by atoms with E-state index in [0.29, 0.717) is 13.0 Å². The molecule has 3 unspecified atom stereocenters. The molecular formula is C24H32N2O6. The van der Waals surface area contributed by atoms with E-state index in [1.807, 2.05) is 44.2 Å². The highest BCUT2D eigenvalue weighted by atomic mass is 16.6. The van der Waals surface area contributed by atoms with Crippen molar-refractivity contribution in [3.05, 3.63) is 35.9 Å². The fraction of sp³-hybridized carbons (Fsp3) is 0.625. The van der Waals surface area contributed by atoms with Crippen molar-refractivity contribution in [2.24, 2.45) is 17.8 Å². The molecule has 2 N–H and O–H groups in total. The summed E-state index contributed by atoms with van der Waals surface area (Å²) in [6.45, 7) is 7.46. The van der Waals surface area contributed by atoms with Crippen LogP contribution in [0.3, 0.4) is 0 Å². The van der Waals surface area contributed by atoms with E-state index in [2.05, 4.69) is 5.32 Å². The van der Waals surface area contributed by atoms with Crippen molar-refractivity contribution in [3.8, 4) is 0 Å². The number of rotatable bonds is 7. The summed E-state index contributed by atoms with van der Waals surface area (Å²) in [6.07, 6.45) is 0.480. The minimum absolute atomic E-state index is 0.0465. The molecule has 8 nitrogen and oxygen atoms in total. The largest absolute Gasteiger partial charge is 0.466 e. The van der Waals surface area contributed by atoms with E-state index in [-0.39, 0.29) is 30.9 Å². The lowest BCUT2D eigenvalue weighted by atomic mass is 9.62. The first-order valence-electron chi connectivity index (χ1n) is 11.3. The van der Waals surface area contributed by atoms with Gasteiger partial charge >= 0.3 is 5.97 Å². The quantitative estimate of drug-likeness (QED) is 0.614. The van der Waals surface area contributed by atoms with Gasteiger partial charge in [0.25, 0.3) is 0 Å². The molecule has 3 heterocycles. The van der Waals surface area contributed by atoms with Gasteiger partial charge in [0, 0.05) is 6.54 Å². The lowest BCUT2D eigenvalue weighted by molar-refractivity contribution is -0.162. The van der Waals surface area contributed by atoms with Crippen molar-refractivity contribution in [3.63, 3.8) is 0 Å². The zero-order valence-electron chi connectivity index (χ0n) is 19.0. The van der Waals surface area contributed by atoms with E-state index >= 15 is 0 Å². The lowest BCUT2D eigenvalue weighted by Crippen LogP contribution is -2.57. The maximum Gasteiger partial charge on any atom is 0.312 e. The van der Waals surface area contributed by atoms with Gasteiger partial charge in [-0.15, -0.1) is 0 Å². The van der Waals surface area contributed by atoms with Crippen LogP contribution in [0, 0.1) is 17.8 Å². The monoisotopic (exact) mass is 444 g/mol. The van der Waals surface area contributed by atoms with E-state index in [1.54, 1.807) is 13.8 Å². The molecule has 1 aromatic carbocycles. The second kappa shape index (κ2) is 8.15. The number of carbonyl (C=O) groups is 3. The Morgan fingerprint density at radius 1 is 1.34 bits per heavy atom. The highest BCUT2D eigenvalue weighted by Gasteiger charge is 2.80. The number of carbonyl (C=O) groups excluding carboxylic acids is 3. The lowest BCUT2D eigenvalue weighted by Gasteiger charge is -2.36. The SMILES string of the molecule is CCOC(=O)[C@H]1[C@H]2C(=O)N([C@H](C)CO)C(C(=O)NCc3ccccc3)C23CC(C)[C@]1(C)O3. The minimum atomic E-state index is -1.13. The Hall–Kier alpha value is -2.45. The predicted octanol–water partition coefficient (Wildman–Crippen LogP) is 1.26. The number of aliphatic hydroxyl groups excluding tert-OH is 1. The number of aliphatic hydroxyl groups is 1. The molecule has 1 spiro atoms. The second-order valence-corrected chi connectivity index (χ2v) is 9.44. The first-order chi connectivity index (χ1) is 15.2. The number of hydrogen-bond donors (Lipinski definition) is 2. The van der Waals surface area contributed by atoms with Gasteiger partial charge in [-0.05, 0) is 38.7 Å². The van der Waals surface area contributed by atoms with Gasteiger partial charge in [-0.25, -0.2) is 0 Å². The Kier molecular flexibility index (Phi) is 5.79. The Balaban J connectivity index is 1.72. The number of fused-ring (bicyclic) bond motifs is 1. The molecule has 7 atom stereocenters. The van der Waals surface area contributed by atoms with Crippen LogP contribution < -0.4 is 5.32 Å². The summed E-state index contributed by atoms with van der Waals surface area (Å²) in [7, 11) is 0. The van der Waals surface area contributed by atoms with Gasteiger partial charge in [0.05, 0.1) is 30.8 Å². The first-order valence-corrected chi connectivity index (χ1v) is 11.3. The molecule has 0 radical (unpaired) electrons. The third-order valence-corrected chi connectivity index (χ3v) is 7.59. The molecule has 3 aliphatic heterocycles. The normalized spacial score (nSPS) is 36.2. The van der Waals surface area contributed by atoms with Gasteiger partial charge in [0.15, 0.2) is 0 Å². The van der Waals surface area contributed by atoms with Crippen LogP contribution in [0.1, 0.15) is 39.7 Å². The van der Waals surface area contributed by atoms with Gasteiger partial charge in [-0.2, -0.15) is 0 Å². The molecule has 174 valence electrons. The number of nitrogens with zero attached hydrogens (tertiary/aromatic N) is 1. The molecule has 4 rings (SSSR count). The van der Waals surface area contributed by atoms with E-state index in [1.165, 1.54) is 4.90 Å². The van der Waals surface area contributed by atoms with Crippen molar-refractivity contribution in [1.29, 1.82) is 0 Å². The van der Waals surface area contributed by atoms with Crippen LogP contribution in [0.15, 0.2) is 30.3 Å². The van der Waals surface area contributed by atoms with Crippen LogP contribution in [0.5, 0.6) is 0 Å². The number of ether oxygens (including phenoxy) is 2. The number of hydrogen-bond acceptors (Lipinski definition) is 6. The van der Waals surface area contributed by atoms with Crippen molar-refractivity contribution in [2.45, 2.75) is 63.9 Å². The van der Waals surface area contributed by atoms with Crippen molar-refractivity contribution < 1.29 is 29.0 Å². The Morgan fingerprint density at radius 3 is 2.66 bits per heavy atom. The molecule has 1 aromatic rings. The van der Waals surface area contributed by atoms with Gasteiger partial charge in [0.1, 0.15) is 17.6 Å². The molecule has 3 saturated heterocycles. The number of nitrogens with one attached hydrogen (secondary N) is 1. The second-order valence-electron chi connectivity index (χ2n) is 9.44. The van der Waals surface area contributed by atoms with Gasteiger partial charge in [0.2, 0.25) is 11.8 Å². The molecule has 2 amide bonds. The van der Waals surface area contributed by atoms with Crippen LogP contribution in [0.4, 0.5) is 0 Å². The van der Waals surface area contributed by atoms with E-state index in [4.69, 9.17) is 9.47 Å². The summed E-state index contributed by atoms with van der Waals surface area (Å²) in [5.41, 5.74) is -1.09.